The van der Waals surface area contributed by atoms with Gasteiger partial charge in [0.2, 0.25) is 0 Å². The predicted octanol–water partition coefficient (Wildman–Crippen LogP) is 4.02. The average Bonchev–Trinajstić information content (AvgIpc) is 3.23. The number of thiazole rings is 1. The van der Waals surface area contributed by atoms with Gasteiger partial charge < -0.3 is 10.1 Å². The van der Waals surface area contributed by atoms with Crippen molar-refractivity contribution in [3.8, 4) is 5.75 Å². The van der Waals surface area contributed by atoms with Crippen LogP contribution in [0.25, 0.3) is 0 Å². The zero-order valence-corrected chi connectivity index (χ0v) is 14.0. The number of hydrogen-bond donors (Lipinski definition) is 1. The van der Waals surface area contributed by atoms with Crippen LogP contribution in [0.2, 0.25) is 10.0 Å². The van der Waals surface area contributed by atoms with Crippen LogP contribution in [-0.4, -0.2) is 17.5 Å². The normalized spacial score (nSPS) is 13.9. The number of halogens is 2. The maximum Gasteiger partial charge on any atom is 0.258 e. The number of ether oxygens (including phenoxy) is 1. The molecule has 1 N–H and O–H groups in total. The Morgan fingerprint density at radius 3 is 2.95 bits per heavy atom. The Morgan fingerprint density at radius 1 is 1.41 bits per heavy atom. The van der Waals surface area contributed by atoms with E-state index >= 15 is 0 Å². The molecule has 7 heteroatoms. The van der Waals surface area contributed by atoms with E-state index in [9.17, 15) is 4.79 Å². The van der Waals surface area contributed by atoms with Crippen LogP contribution in [0, 0.1) is 0 Å². The van der Waals surface area contributed by atoms with Crippen LogP contribution in [0.5, 0.6) is 5.75 Å². The van der Waals surface area contributed by atoms with Gasteiger partial charge in [0, 0.05) is 16.3 Å². The van der Waals surface area contributed by atoms with Crippen molar-refractivity contribution in [1.82, 2.24) is 10.3 Å². The number of hydrogen-bond acceptors (Lipinski definition) is 4. The molecule has 116 valence electrons. The summed E-state index contributed by atoms with van der Waals surface area (Å²) in [6.45, 7) is 0.320. The minimum absolute atomic E-state index is 0.0963. The van der Waals surface area contributed by atoms with E-state index in [2.05, 4.69) is 10.3 Å². The SMILES string of the molecule is O=C(COc1ccc(Cl)cc1Cl)NCc1csc(C2CC2)n1. The second kappa shape index (κ2) is 6.86. The molecular formula is C15H14Cl2N2O2S. The van der Waals surface area contributed by atoms with Crippen LogP contribution in [0.1, 0.15) is 29.5 Å². The summed E-state index contributed by atoms with van der Waals surface area (Å²) < 4.78 is 5.37. The highest BCUT2D eigenvalue weighted by molar-refractivity contribution is 7.09. The van der Waals surface area contributed by atoms with Gasteiger partial charge >= 0.3 is 0 Å². The van der Waals surface area contributed by atoms with E-state index < -0.39 is 0 Å². The molecule has 0 spiro atoms. The standard InChI is InChI=1S/C15H14Cl2N2O2S/c16-10-3-4-13(12(17)5-10)21-7-14(20)18-6-11-8-22-15(19-11)9-1-2-9/h3-5,8-9H,1-2,6-7H2,(H,18,20). The van der Waals surface area contributed by atoms with Gasteiger partial charge in [0.15, 0.2) is 6.61 Å². The predicted molar refractivity (Wildman–Crippen MR) is 87.9 cm³/mol. The summed E-state index contributed by atoms with van der Waals surface area (Å²) in [5.41, 5.74) is 0.893. The van der Waals surface area contributed by atoms with Gasteiger partial charge in [-0.2, -0.15) is 0 Å². The molecule has 1 saturated carbocycles. The fraction of sp³-hybridized carbons (Fsp3) is 0.333. The number of carbonyl (C=O) groups excluding carboxylic acids is 1. The first-order chi connectivity index (χ1) is 10.6. The van der Waals surface area contributed by atoms with E-state index in [0.717, 1.165) is 5.69 Å². The molecule has 0 aliphatic heterocycles. The number of aromatic nitrogens is 1. The van der Waals surface area contributed by atoms with E-state index in [1.807, 2.05) is 5.38 Å². The van der Waals surface area contributed by atoms with Gasteiger partial charge in [0.05, 0.1) is 22.3 Å². The van der Waals surface area contributed by atoms with E-state index in [1.54, 1.807) is 29.5 Å². The summed E-state index contributed by atoms with van der Waals surface area (Å²) >= 11 is 13.4. The Balaban J connectivity index is 1.45. The van der Waals surface area contributed by atoms with Crippen LogP contribution in [0.4, 0.5) is 0 Å². The lowest BCUT2D eigenvalue weighted by Gasteiger charge is -2.08. The summed E-state index contributed by atoms with van der Waals surface area (Å²) in [7, 11) is 0. The molecule has 1 aromatic carbocycles. The highest BCUT2D eigenvalue weighted by Crippen LogP contribution is 2.41. The Morgan fingerprint density at radius 2 is 2.23 bits per heavy atom. The largest absolute Gasteiger partial charge is 0.482 e. The molecule has 2 aromatic rings. The fourth-order valence-electron chi connectivity index (χ4n) is 1.90. The van der Waals surface area contributed by atoms with Gasteiger partial charge in [-0.25, -0.2) is 4.98 Å². The van der Waals surface area contributed by atoms with Crippen molar-refractivity contribution in [2.24, 2.45) is 0 Å². The Kier molecular flexibility index (Phi) is 4.86. The molecular weight excluding hydrogens is 343 g/mol. The van der Waals surface area contributed by atoms with E-state index in [1.165, 1.54) is 17.8 Å². The molecule has 0 radical (unpaired) electrons. The van der Waals surface area contributed by atoms with Crippen molar-refractivity contribution >= 4 is 40.4 Å². The maximum atomic E-state index is 11.8. The monoisotopic (exact) mass is 356 g/mol. The summed E-state index contributed by atoms with van der Waals surface area (Å²) in [4.78, 5) is 16.3. The van der Waals surface area contributed by atoms with E-state index in [0.29, 0.717) is 28.3 Å². The smallest absolute Gasteiger partial charge is 0.258 e. The molecule has 0 bridgehead atoms. The lowest BCUT2D eigenvalue weighted by atomic mass is 10.3. The number of rotatable bonds is 6. The van der Waals surface area contributed by atoms with Crippen molar-refractivity contribution in [3.05, 3.63) is 44.3 Å². The molecule has 1 fully saturated rings. The van der Waals surface area contributed by atoms with Crippen molar-refractivity contribution in [2.75, 3.05) is 6.61 Å². The second-order valence-corrected chi connectivity index (χ2v) is 6.82. The molecule has 1 amide bonds. The van der Waals surface area contributed by atoms with Crippen molar-refractivity contribution in [3.63, 3.8) is 0 Å². The first-order valence-corrected chi connectivity index (χ1v) is 8.54. The molecule has 3 rings (SSSR count). The van der Waals surface area contributed by atoms with Gasteiger partial charge in [-0.05, 0) is 31.0 Å². The highest BCUT2D eigenvalue weighted by atomic mass is 35.5. The first kappa shape index (κ1) is 15.6. The van der Waals surface area contributed by atoms with Crippen molar-refractivity contribution in [1.29, 1.82) is 0 Å². The minimum atomic E-state index is -0.216. The number of nitrogens with one attached hydrogen (secondary N) is 1. The third kappa shape index (κ3) is 4.12. The number of benzene rings is 1. The van der Waals surface area contributed by atoms with Gasteiger partial charge in [0.25, 0.3) is 5.91 Å². The lowest BCUT2D eigenvalue weighted by molar-refractivity contribution is -0.123. The molecule has 0 atom stereocenters. The maximum absolute atomic E-state index is 11.8. The average molecular weight is 357 g/mol. The van der Waals surface area contributed by atoms with Gasteiger partial charge in [-0.15, -0.1) is 11.3 Å². The zero-order chi connectivity index (χ0) is 15.5. The van der Waals surface area contributed by atoms with E-state index in [-0.39, 0.29) is 12.5 Å². The van der Waals surface area contributed by atoms with Crippen LogP contribution < -0.4 is 10.1 Å². The fourth-order valence-corrected chi connectivity index (χ4v) is 3.35. The summed E-state index contributed by atoms with van der Waals surface area (Å²) in [6.07, 6.45) is 2.46. The molecule has 1 heterocycles. The molecule has 4 nitrogen and oxygen atoms in total. The first-order valence-electron chi connectivity index (χ1n) is 6.90. The molecule has 22 heavy (non-hydrogen) atoms. The Hall–Kier alpha value is -1.30. The number of carbonyl (C=O) groups is 1. The zero-order valence-electron chi connectivity index (χ0n) is 11.6. The molecule has 1 aliphatic rings. The quantitative estimate of drug-likeness (QED) is 0.850. The number of amides is 1. The molecule has 0 unspecified atom stereocenters. The lowest BCUT2D eigenvalue weighted by Crippen LogP contribution is -2.28. The Bertz CT molecular complexity index is 686. The number of nitrogens with zero attached hydrogens (tertiary/aromatic N) is 1. The van der Waals surface area contributed by atoms with Gasteiger partial charge in [0.1, 0.15) is 5.75 Å². The summed E-state index contributed by atoms with van der Waals surface area (Å²) in [5.74, 6) is 0.864. The van der Waals surface area contributed by atoms with Gasteiger partial charge in [-0.1, -0.05) is 23.2 Å². The molecule has 1 aliphatic carbocycles. The second-order valence-electron chi connectivity index (χ2n) is 5.09. The highest BCUT2D eigenvalue weighted by Gasteiger charge is 2.26. The third-order valence-corrected chi connectivity index (χ3v) is 4.80. The van der Waals surface area contributed by atoms with Gasteiger partial charge in [-0.3, -0.25) is 4.79 Å². The van der Waals surface area contributed by atoms with E-state index in [4.69, 9.17) is 27.9 Å². The molecule has 1 aromatic heterocycles. The summed E-state index contributed by atoms with van der Waals surface area (Å²) in [6, 6.07) is 4.88. The van der Waals surface area contributed by atoms with Crippen LogP contribution in [-0.2, 0) is 11.3 Å². The van der Waals surface area contributed by atoms with Crippen LogP contribution in [0.15, 0.2) is 23.6 Å². The van der Waals surface area contributed by atoms with Crippen molar-refractivity contribution < 1.29 is 9.53 Å². The van der Waals surface area contributed by atoms with Crippen molar-refractivity contribution in [2.45, 2.75) is 25.3 Å². The topological polar surface area (TPSA) is 51.2 Å². The van der Waals surface area contributed by atoms with Crippen LogP contribution >= 0.6 is 34.5 Å². The van der Waals surface area contributed by atoms with Crippen LogP contribution in [0.3, 0.4) is 0 Å². The third-order valence-electron chi connectivity index (χ3n) is 3.22. The minimum Gasteiger partial charge on any atom is -0.482 e. The summed E-state index contributed by atoms with van der Waals surface area (Å²) in [5, 5.41) is 6.86. The Labute approximate surface area is 142 Å². The molecule has 0 saturated heterocycles.